The number of anilines is 1. The number of sulfonamides is 1. The van der Waals surface area contributed by atoms with Gasteiger partial charge in [0.15, 0.2) is 5.75 Å². The van der Waals surface area contributed by atoms with Crippen molar-refractivity contribution < 1.29 is 45.5 Å². The summed E-state index contributed by atoms with van der Waals surface area (Å²) in [7, 11) is -4.52. The number of ether oxygens (including phenoxy) is 1. The van der Waals surface area contributed by atoms with E-state index in [4.69, 9.17) is 4.74 Å². The third-order valence-corrected chi connectivity index (χ3v) is 8.04. The number of carbonyl (C=O) groups is 2. The summed E-state index contributed by atoms with van der Waals surface area (Å²) in [5, 5.41) is 12.7. The van der Waals surface area contributed by atoms with Gasteiger partial charge in [-0.15, -0.1) is 11.3 Å². The number of aromatic nitrogens is 1. The zero-order valence-electron chi connectivity index (χ0n) is 17.0. The molecule has 1 fully saturated rings. The highest BCUT2D eigenvalue weighted by molar-refractivity contribution is 7.94. The molecule has 180 valence electrons. The number of hydrogen-bond acceptors (Lipinski definition) is 8. The van der Waals surface area contributed by atoms with Gasteiger partial charge in [0.2, 0.25) is 5.76 Å². The van der Waals surface area contributed by atoms with Gasteiger partial charge in [-0.2, -0.15) is 13.2 Å². The number of aliphatic carboxylic acids is 1. The third kappa shape index (κ3) is 4.92. The Bertz CT molecular complexity index is 1340. The Morgan fingerprint density at radius 2 is 1.91 bits per heavy atom. The molecule has 0 atom stereocenters. The summed E-state index contributed by atoms with van der Waals surface area (Å²) in [6.45, 7) is -0.990. The standard InChI is InChI=1S/C20H15F3N2O7S2/c21-20(22,23)16-9-12(24-32-16)15-7-8-18(33-15)34(29,30)25(10-17(26)27)13-3-1-2-4-14(13)31-19(28)11-5-6-11/h1-4,7-9,11H,5-6,10H2,(H,26,27). The fraction of sp³-hybridized carbons (Fsp3) is 0.250. The Morgan fingerprint density at radius 1 is 1.21 bits per heavy atom. The number of thiophene rings is 1. The number of hydrogen-bond donors (Lipinski definition) is 1. The first-order chi connectivity index (χ1) is 16.0. The molecule has 2 heterocycles. The molecule has 34 heavy (non-hydrogen) atoms. The lowest BCUT2D eigenvalue weighted by molar-refractivity contribution is -0.155. The number of carboxylic acid groups (broad SMARTS) is 1. The van der Waals surface area contributed by atoms with Gasteiger partial charge in [-0.1, -0.05) is 17.3 Å². The molecule has 3 aromatic rings. The predicted octanol–water partition coefficient (Wildman–Crippen LogP) is 4.02. The van der Waals surface area contributed by atoms with E-state index in [2.05, 4.69) is 9.68 Å². The van der Waals surface area contributed by atoms with Gasteiger partial charge in [-0.05, 0) is 37.1 Å². The first-order valence-electron chi connectivity index (χ1n) is 9.66. The zero-order valence-corrected chi connectivity index (χ0v) is 18.6. The molecular formula is C20H15F3N2O7S2. The molecule has 2 aromatic heterocycles. The van der Waals surface area contributed by atoms with Gasteiger partial charge < -0.3 is 14.4 Å². The van der Waals surface area contributed by atoms with Crippen molar-refractivity contribution in [2.45, 2.75) is 23.2 Å². The van der Waals surface area contributed by atoms with E-state index in [1.807, 2.05) is 0 Å². The van der Waals surface area contributed by atoms with Crippen molar-refractivity contribution in [1.29, 1.82) is 0 Å². The average Bonchev–Trinajstić information content (AvgIpc) is 3.27. The molecule has 1 aliphatic carbocycles. The van der Waals surface area contributed by atoms with E-state index >= 15 is 0 Å². The minimum Gasteiger partial charge on any atom is -0.480 e. The molecule has 0 aliphatic heterocycles. The van der Waals surface area contributed by atoms with Crippen molar-refractivity contribution in [1.82, 2.24) is 5.16 Å². The largest absolute Gasteiger partial charge is 0.480 e. The highest BCUT2D eigenvalue weighted by Gasteiger charge is 2.37. The van der Waals surface area contributed by atoms with Crippen molar-refractivity contribution in [3.8, 4) is 16.3 Å². The monoisotopic (exact) mass is 516 g/mol. The summed E-state index contributed by atoms with van der Waals surface area (Å²) >= 11 is 0.581. The van der Waals surface area contributed by atoms with Crippen LogP contribution in [0.1, 0.15) is 18.6 Å². The number of para-hydroxylation sites is 2. The van der Waals surface area contributed by atoms with Gasteiger partial charge in [0.25, 0.3) is 10.0 Å². The minimum absolute atomic E-state index is 0.0570. The van der Waals surface area contributed by atoms with Crippen LogP contribution < -0.4 is 9.04 Å². The van der Waals surface area contributed by atoms with Gasteiger partial charge >= 0.3 is 18.1 Å². The van der Waals surface area contributed by atoms with Crippen LogP contribution in [-0.2, 0) is 25.8 Å². The SMILES string of the molecule is O=C(O)CN(c1ccccc1OC(=O)C1CC1)S(=O)(=O)c1ccc(-c2cc(C(F)(F)F)on2)s1. The molecule has 0 amide bonds. The molecule has 0 spiro atoms. The first kappa shape index (κ1) is 23.8. The Hall–Kier alpha value is -3.39. The second kappa shape index (κ2) is 8.76. The van der Waals surface area contributed by atoms with Crippen LogP contribution >= 0.6 is 11.3 Å². The number of benzene rings is 1. The number of rotatable bonds is 8. The van der Waals surface area contributed by atoms with Gasteiger partial charge in [0.05, 0.1) is 16.5 Å². The highest BCUT2D eigenvalue weighted by atomic mass is 32.2. The third-order valence-electron chi connectivity index (χ3n) is 4.70. The summed E-state index contributed by atoms with van der Waals surface area (Å²) < 4.78 is 74.9. The molecule has 0 radical (unpaired) electrons. The normalized spacial score (nSPS) is 14.1. The quantitative estimate of drug-likeness (QED) is 0.351. The molecule has 1 aliphatic rings. The zero-order chi connectivity index (χ0) is 24.7. The van der Waals surface area contributed by atoms with E-state index in [9.17, 15) is 36.3 Å². The number of alkyl halides is 3. The number of esters is 1. The summed E-state index contributed by atoms with van der Waals surface area (Å²) in [5.74, 6) is -3.80. The van der Waals surface area contributed by atoms with E-state index in [0.717, 1.165) is 6.07 Å². The second-order valence-electron chi connectivity index (χ2n) is 7.26. The molecular weight excluding hydrogens is 501 g/mol. The van der Waals surface area contributed by atoms with Crippen molar-refractivity contribution in [3.63, 3.8) is 0 Å². The molecule has 0 saturated heterocycles. The Kier molecular flexibility index (Phi) is 6.12. The van der Waals surface area contributed by atoms with Crippen LogP contribution in [0.5, 0.6) is 5.75 Å². The number of carbonyl (C=O) groups excluding carboxylic acids is 1. The van der Waals surface area contributed by atoms with Crippen LogP contribution in [0, 0.1) is 5.92 Å². The summed E-state index contributed by atoms with van der Waals surface area (Å²) in [6.07, 6.45) is -3.47. The van der Waals surface area contributed by atoms with Gasteiger partial charge in [-0.3, -0.25) is 13.9 Å². The lowest BCUT2D eigenvalue weighted by Gasteiger charge is -2.23. The van der Waals surface area contributed by atoms with Gasteiger partial charge in [-0.25, -0.2) is 8.42 Å². The molecule has 4 rings (SSSR count). The minimum atomic E-state index is -4.77. The van der Waals surface area contributed by atoms with Gasteiger partial charge in [0.1, 0.15) is 16.4 Å². The molecule has 14 heteroatoms. The van der Waals surface area contributed by atoms with E-state index in [1.165, 1.54) is 30.3 Å². The Labute approximate surface area is 194 Å². The van der Waals surface area contributed by atoms with Crippen molar-refractivity contribution in [2.24, 2.45) is 5.92 Å². The first-order valence-corrected chi connectivity index (χ1v) is 11.9. The summed E-state index contributed by atoms with van der Waals surface area (Å²) in [5.41, 5.74) is -0.406. The maximum Gasteiger partial charge on any atom is 0.452 e. The molecule has 1 saturated carbocycles. The maximum absolute atomic E-state index is 13.4. The number of halogens is 3. The number of carboxylic acids is 1. The highest BCUT2D eigenvalue weighted by Crippen LogP contribution is 2.39. The Balaban J connectivity index is 1.70. The second-order valence-corrected chi connectivity index (χ2v) is 10.4. The molecule has 0 unspecified atom stereocenters. The van der Waals surface area contributed by atoms with Crippen molar-refractivity contribution >= 4 is 39.0 Å². The summed E-state index contributed by atoms with van der Waals surface area (Å²) in [6, 6.07) is 8.55. The molecule has 1 N–H and O–H groups in total. The maximum atomic E-state index is 13.4. The fourth-order valence-electron chi connectivity index (χ4n) is 2.91. The summed E-state index contributed by atoms with van der Waals surface area (Å²) in [4.78, 5) is 23.7. The average molecular weight is 516 g/mol. The van der Waals surface area contributed by atoms with Crippen molar-refractivity contribution in [3.05, 3.63) is 48.2 Å². The molecule has 1 aromatic carbocycles. The fourth-order valence-corrected chi connectivity index (χ4v) is 5.71. The van der Waals surface area contributed by atoms with Crippen LogP contribution in [0.25, 0.3) is 10.6 Å². The molecule has 0 bridgehead atoms. The lowest BCUT2D eigenvalue weighted by atomic mass is 10.3. The predicted molar refractivity (Wildman–Crippen MR) is 112 cm³/mol. The van der Waals surface area contributed by atoms with Crippen LogP contribution in [0.4, 0.5) is 18.9 Å². The van der Waals surface area contributed by atoms with Crippen LogP contribution in [0.3, 0.4) is 0 Å². The smallest absolute Gasteiger partial charge is 0.452 e. The van der Waals surface area contributed by atoms with Crippen molar-refractivity contribution in [2.75, 3.05) is 10.8 Å². The Morgan fingerprint density at radius 3 is 2.53 bits per heavy atom. The van der Waals surface area contributed by atoms with Crippen LogP contribution in [0.2, 0.25) is 0 Å². The number of nitrogens with zero attached hydrogens (tertiary/aromatic N) is 2. The van der Waals surface area contributed by atoms with E-state index in [0.29, 0.717) is 34.6 Å². The van der Waals surface area contributed by atoms with Crippen LogP contribution in [-0.4, -0.2) is 37.2 Å². The molecule has 9 nitrogen and oxygen atoms in total. The lowest BCUT2D eigenvalue weighted by Crippen LogP contribution is -2.35. The van der Waals surface area contributed by atoms with Gasteiger partial charge in [0, 0.05) is 6.07 Å². The van der Waals surface area contributed by atoms with E-state index in [1.54, 1.807) is 0 Å². The van der Waals surface area contributed by atoms with E-state index < -0.39 is 40.4 Å². The van der Waals surface area contributed by atoms with E-state index in [-0.39, 0.29) is 32.1 Å². The van der Waals surface area contributed by atoms with Crippen LogP contribution in [0.15, 0.2) is 51.2 Å². The topological polar surface area (TPSA) is 127 Å².